The van der Waals surface area contributed by atoms with E-state index in [0.29, 0.717) is 10.2 Å². The van der Waals surface area contributed by atoms with Crippen molar-refractivity contribution < 1.29 is 13.2 Å². The van der Waals surface area contributed by atoms with Gasteiger partial charge in [-0.15, -0.1) is 5.10 Å². The maximum absolute atomic E-state index is 12.5. The molecule has 0 aliphatic rings. The Morgan fingerprint density at radius 2 is 2.05 bits per heavy atom. The number of aryl methyl sites for hydroxylation is 1. The van der Waals surface area contributed by atoms with E-state index in [2.05, 4.69) is 26.0 Å². The van der Waals surface area contributed by atoms with E-state index in [1.54, 1.807) is 18.2 Å². The Labute approximate surface area is 115 Å². The van der Waals surface area contributed by atoms with Crippen LogP contribution in [0, 0.1) is 6.92 Å². The molecule has 0 aliphatic heterocycles. The van der Waals surface area contributed by atoms with Crippen LogP contribution in [0.1, 0.15) is 17.2 Å². The molecule has 1 heterocycles. The molecule has 0 radical (unpaired) electrons. The lowest BCUT2D eigenvalue weighted by Gasteiger charge is -2.05. The highest BCUT2D eigenvalue weighted by Crippen LogP contribution is 2.26. The van der Waals surface area contributed by atoms with Crippen LogP contribution < -0.4 is 5.73 Å². The number of halogens is 4. The van der Waals surface area contributed by atoms with E-state index >= 15 is 0 Å². The number of benzene rings is 1. The lowest BCUT2D eigenvalue weighted by Crippen LogP contribution is -2.09. The Balaban J connectivity index is 2.28. The van der Waals surface area contributed by atoms with Crippen molar-refractivity contribution >= 4 is 21.6 Å². The standard InChI is InChI=1S/C11H10BrF3N4/c1-6-17-10(11(13,14)15)18-19(6)5-7-2-3-9(16)8(12)4-7/h2-4H,5,16H2,1H3. The summed E-state index contributed by atoms with van der Waals surface area (Å²) in [4.78, 5) is 3.41. The van der Waals surface area contributed by atoms with Crippen LogP contribution in [-0.4, -0.2) is 14.8 Å². The molecule has 0 fully saturated rings. The molecule has 1 aromatic heterocycles. The van der Waals surface area contributed by atoms with Crippen molar-refractivity contribution in [1.29, 1.82) is 0 Å². The summed E-state index contributed by atoms with van der Waals surface area (Å²) in [5.74, 6) is -0.917. The minimum atomic E-state index is -4.53. The van der Waals surface area contributed by atoms with Gasteiger partial charge in [0.25, 0.3) is 5.82 Å². The summed E-state index contributed by atoms with van der Waals surface area (Å²) in [5.41, 5.74) is 6.99. The molecule has 8 heteroatoms. The molecule has 0 saturated heterocycles. The van der Waals surface area contributed by atoms with Gasteiger partial charge < -0.3 is 5.73 Å². The Morgan fingerprint density at radius 3 is 2.58 bits per heavy atom. The van der Waals surface area contributed by atoms with Crippen LogP contribution in [0.2, 0.25) is 0 Å². The van der Waals surface area contributed by atoms with Crippen LogP contribution in [0.5, 0.6) is 0 Å². The van der Waals surface area contributed by atoms with E-state index in [4.69, 9.17) is 5.73 Å². The average molecular weight is 335 g/mol. The first-order valence-electron chi connectivity index (χ1n) is 5.30. The third-order valence-electron chi connectivity index (χ3n) is 2.51. The van der Waals surface area contributed by atoms with Crippen LogP contribution in [0.15, 0.2) is 22.7 Å². The molecular weight excluding hydrogens is 325 g/mol. The molecular formula is C11H10BrF3N4. The van der Waals surface area contributed by atoms with Gasteiger partial charge in [0.05, 0.1) is 6.54 Å². The molecule has 0 spiro atoms. The SMILES string of the molecule is Cc1nc(C(F)(F)F)nn1Cc1ccc(N)c(Br)c1. The van der Waals surface area contributed by atoms with Crippen molar-refractivity contribution in [1.82, 2.24) is 14.8 Å². The zero-order valence-electron chi connectivity index (χ0n) is 9.87. The van der Waals surface area contributed by atoms with E-state index in [1.165, 1.54) is 11.6 Å². The Kier molecular flexibility index (Phi) is 3.53. The highest BCUT2D eigenvalue weighted by molar-refractivity contribution is 9.10. The minimum Gasteiger partial charge on any atom is -0.398 e. The lowest BCUT2D eigenvalue weighted by atomic mass is 10.2. The Bertz CT molecular complexity index is 606. The smallest absolute Gasteiger partial charge is 0.398 e. The molecule has 2 rings (SSSR count). The largest absolute Gasteiger partial charge is 0.453 e. The minimum absolute atomic E-state index is 0.202. The topological polar surface area (TPSA) is 56.7 Å². The van der Waals surface area contributed by atoms with Crippen molar-refractivity contribution in [3.05, 3.63) is 39.9 Å². The van der Waals surface area contributed by atoms with Gasteiger partial charge in [0.15, 0.2) is 0 Å². The fourth-order valence-corrected chi connectivity index (χ4v) is 1.96. The third kappa shape index (κ3) is 3.06. The molecule has 2 N–H and O–H groups in total. The van der Waals surface area contributed by atoms with Crippen molar-refractivity contribution in [2.24, 2.45) is 0 Å². The second-order valence-electron chi connectivity index (χ2n) is 3.99. The average Bonchev–Trinajstić information content (AvgIpc) is 2.65. The zero-order chi connectivity index (χ0) is 14.2. The summed E-state index contributed by atoms with van der Waals surface area (Å²) in [5, 5.41) is 3.46. The molecule has 0 aliphatic carbocycles. The van der Waals surface area contributed by atoms with Crippen molar-refractivity contribution in [3.8, 4) is 0 Å². The van der Waals surface area contributed by atoms with E-state index in [0.717, 1.165) is 5.56 Å². The second-order valence-corrected chi connectivity index (χ2v) is 4.85. The number of nitrogens with two attached hydrogens (primary N) is 1. The number of alkyl halides is 3. The molecule has 4 nitrogen and oxygen atoms in total. The van der Waals surface area contributed by atoms with Gasteiger partial charge in [0, 0.05) is 10.2 Å². The molecule has 102 valence electrons. The van der Waals surface area contributed by atoms with Crippen molar-refractivity contribution in [2.75, 3.05) is 5.73 Å². The maximum atomic E-state index is 12.5. The Morgan fingerprint density at radius 1 is 1.37 bits per heavy atom. The van der Waals surface area contributed by atoms with E-state index in [1.807, 2.05) is 0 Å². The summed E-state index contributed by atoms with van der Waals surface area (Å²) in [7, 11) is 0. The van der Waals surface area contributed by atoms with Gasteiger partial charge in [-0.05, 0) is 40.5 Å². The molecule has 2 aromatic rings. The Hall–Kier alpha value is -1.57. The molecule has 19 heavy (non-hydrogen) atoms. The van der Waals surface area contributed by atoms with Gasteiger partial charge in [-0.2, -0.15) is 13.2 Å². The quantitative estimate of drug-likeness (QED) is 0.859. The fourth-order valence-electron chi connectivity index (χ4n) is 1.53. The second kappa shape index (κ2) is 4.84. The summed E-state index contributed by atoms with van der Waals surface area (Å²) in [6.07, 6.45) is -4.53. The van der Waals surface area contributed by atoms with E-state index in [9.17, 15) is 13.2 Å². The van der Waals surface area contributed by atoms with Gasteiger partial charge in [0.2, 0.25) is 0 Å². The van der Waals surface area contributed by atoms with Crippen LogP contribution >= 0.6 is 15.9 Å². The highest BCUT2D eigenvalue weighted by Gasteiger charge is 2.36. The van der Waals surface area contributed by atoms with Crippen LogP contribution in [0.3, 0.4) is 0 Å². The van der Waals surface area contributed by atoms with Crippen molar-refractivity contribution in [2.45, 2.75) is 19.6 Å². The van der Waals surface area contributed by atoms with Gasteiger partial charge >= 0.3 is 6.18 Å². The summed E-state index contributed by atoms with van der Waals surface area (Å²) in [6.45, 7) is 1.68. The van der Waals surface area contributed by atoms with Gasteiger partial charge in [0.1, 0.15) is 5.82 Å². The number of nitrogens with zero attached hydrogens (tertiary/aromatic N) is 3. The molecule has 0 saturated carbocycles. The molecule has 0 unspecified atom stereocenters. The van der Waals surface area contributed by atoms with Crippen molar-refractivity contribution in [3.63, 3.8) is 0 Å². The third-order valence-corrected chi connectivity index (χ3v) is 3.19. The number of anilines is 1. The number of hydrogen-bond acceptors (Lipinski definition) is 3. The lowest BCUT2D eigenvalue weighted by molar-refractivity contribution is -0.145. The number of nitrogen functional groups attached to an aromatic ring is 1. The summed E-state index contributed by atoms with van der Waals surface area (Å²) < 4.78 is 39.3. The van der Waals surface area contributed by atoms with Crippen LogP contribution in [-0.2, 0) is 12.7 Å². The first-order valence-corrected chi connectivity index (χ1v) is 6.09. The normalized spacial score (nSPS) is 11.8. The van der Waals surface area contributed by atoms with Gasteiger partial charge in [-0.1, -0.05) is 6.07 Å². The monoisotopic (exact) mass is 334 g/mol. The number of aromatic nitrogens is 3. The van der Waals surface area contributed by atoms with Crippen LogP contribution in [0.4, 0.5) is 18.9 Å². The zero-order valence-corrected chi connectivity index (χ0v) is 11.5. The first kappa shape index (κ1) is 13.9. The first-order chi connectivity index (χ1) is 8.77. The van der Waals surface area contributed by atoms with Gasteiger partial charge in [-0.25, -0.2) is 9.67 Å². The highest BCUT2D eigenvalue weighted by atomic mass is 79.9. The predicted octanol–water partition coefficient (Wildman–Crippen LogP) is 3.00. The van der Waals surface area contributed by atoms with Crippen LogP contribution in [0.25, 0.3) is 0 Å². The molecule has 0 atom stereocenters. The number of hydrogen-bond donors (Lipinski definition) is 1. The summed E-state index contributed by atoms with van der Waals surface area (Å²) >= 11 is 3.26. The fraction of sp³-hybridized carbons (Fsp3) is 0.273. The predicted molar refractivity (Wildman–Crippen MR) is 67.4 cm³/mol. The molecule has 1 aromatic carbocycles. The van der Waals surface area contributed by atoms with Gasteiger partial charge in [-0.3, -0.25) is 0 Å². The van der Waals surface area contributed by atoms with E-state index in [-0.39, 0.29) is 12.4 Å². The maximum Gasteiger partial charge on any atom is 0.453 e. The summed E-state index contributed by atoms with van der Waals surface area (Å²) in [6, 6.07) is 5.15. The molecule has 0 bridgehead atoms. The van der Waals surface area contributed by atoms with E-state index < -0.39 is 12.0 Å². The number of rotatable bonds is 2. The molecule has 0 amide bonds.